The number of aromatic nitrogens is 3. The molecule has 0 aliphatic heterocycles. The van der Waals surface area contributed by atoms with Crippen molar-refractivity contribution < 1.29 is 18.7 Å². The van der Waals surface area contributed by atoms with Crippen LogP contribution in [0.25, 0.3) is 11.5 Å². The third-order valence-electron chi connectivity index (χ3n) is 3.23. The van der Waals surface area contributed by atoms with Crippen LogP contribution in [0.1, 0.15) is 10.4 Å². The Hall–Kier alpha value is -3.42. The van der Waals surface area contributed by atoms with Crippen LogP contribution in [0.5, 0.6) is 0 Å². The third-order valence-corrected chi connectivity index (χ3v) is 3.23. The van der Waals surface area contributed by atoms with Crippen molar-refractivity contribution in [1.82, 2.24) is 14.3 Å². The molecule has 3 aromatic rings. The monoisotopic (exact) mass is 328 g/mol. The molecule has 2 heterocycles. The molecule has 0 radical (unpaired) electrons. The Morgan fingerprint density at radius 2 is 1.83 bits per heavy atom. The molecule has 1 aromatic carbocycles. The largest absolute Gasteiger partial charge is 0.452 e. The Morgan fingerprint density at radius 1 is 1.17 bits per heavy atom. The summed E-state index contributed by atoms with van der Waals surface area (Å²) < 4.78 is 21.1. The molecule has 0 bridgehead atoms. The number of carbonyl (C=O) groups is 2. The standard InChI is InChI=1S/C16H13FN4O3/c17-11-3-5-12(6-4-11)21-15(20-7-1-2-8-20)13(9-19-21)16(23)24-10-14(18)22/h1-9H,10H2,(H2,18,22). The molecule has 0 unspecified atom stereocenters. The zero-order valence-electron chi connectivity index (χ0n) is 12.4. The number of nitrogens with two attached hydrogens (primary N) is 1. The molecule has 0 aliphatic rings. The first-order chi connectivity index (χ1) is 11.6. The lowest BCUT2D eigenvalue weighted by atomic mass is 10.3. The molecule has 2 aromatic heterocycles. The number of ether oxygens (including phenoxy) is 1. The number of nitrogens with zero attached hydrogens (tertiary/aromatic N) is 3. The molecule has 0 atom stereocenters. The van der Waals surface area contributed by atoms with E-state index in [-0.39, 0.29) is 11.4 Å². The van der Waals surface area contributed by atoms with E-state index >= 15 is 0 Å². The molecule has 122 valence electrons. The summed E-state index contributed by atoms with van der Waals surface area (Å²) in [6, 6.07) is 9.21. The van der Waals surface area contributed by atoms with Gasteiger partial charge in [-0.3, -0.25) is 4.79 Å². The predicted octanol–water partition coefficient (Wildman–Crippen LogP) is 1.44. The molecule has 0 spiro atoms. The normalized spacial score (nSPS) is 10.5. The van der Waals surface area contributed by atoms with Gasteiger partial charge in [0.2, 0.25) is 0 Å². The summed E-state index contributed by atoms with van der Waals surface area (Å²) in [4.78, 5) is 23.0. The van der Waals surface area contributed by atoms with Gasteiger partial charge in [-0.25, -0.2) is 13.9 Å². The average Bonchev–Trinajstić information content (AvgIpc) is 3.22. The van der Waals surface area contributed by atoms with Crippen LogP contribution in [0.15, 0.2) is 55.0 Å². The Kier molecular flexibility index (Phi) is 4.11. The third kappa shape index (κ3) is 3.02. The minimum atomic E-state index is -0.753. The van der Waals surface area contributed by atoms with Crippen molar-refractivity contribution in [2.45, 2.75) is 0 Å². The van der Waals surface area contributed by atoms with Gasteiger partial charge in [0, 0.05) is 12.4 Å². The van der Waals surface area contributed by atoms with E-state index in [9.17, 15) is 14.0 Å². The van der Waals surface area contributed by atoms with Crippen LogP contribution in [0.3, 0.4) is 0 Å². The van der Waals surface area contributed by atoms with E-state index in [4.69, 9.17) is 10.5 Å². The topological polar surface area (TPSA) is 92.1 Å². The predicted molar refractivity (Wildman–Crippen MR) is 82.3 cm³/mol. The van der Waals surface area contributed by atoms with Gasteiger partial charge in [0.15, 0.2) is 12.4 Å². The second-order valence-corrected chi connectivity index (χ2v) is 4.90. The maximum absolute atomic E-state index is 13.1. The molecule has 2 N–H and O–H groups in total. The Morgan fingerprint density at radius 3 is 2.46 bits per heavy atom. The van der Waals surface area contributed by atoms with Gasteiger partial charge in [0.25, 0.3) is 5.91 Å². The Labute approximate surface area is 136 Å². The van der Waals surface area contributed by atoms with Crippen molar-refractivity contribution in [3.05, 3.63) is 66.4 Å². The van der Waals surface area contributed by atoms with E-state index in [1.807, 2.05) is 0 Å². The van der Waals surface area contributed by atoms with E-state index in [0.29, 0.717) is 11.5 Å². The lowest BCUT2D eigenvalue weighted by Gasteiger charge is -2.10. The lowest BCUT2D eigenvalue weighted by Crippen LogP contribution is -2.21. The fourth-order valence-corrected chi connectivity index (χ4v) is 2.20. The van der Waals surface area contributed by atoms with Crippen molar-refractivity contribution in [2.75, 3.05) is 6.61 Å². The number of carbonyl (C=O) groups excluding carboxylic acids is 2. The number of esters is 1. The van der Waals surface area contributed by atoms with Crippen LogP contribution < -0.4 is 5.73 Å². The summed E-state index contributed by atoms with van der Waals surface area (Å²) in [5.41, 5.74) is 5.70. The SMILES string of the molecule is NC(=O)COC(=O)c1cnn(-c2ccc(F)cc2)c1-n1cccc1. The van der Waals surface area contributed by atoms with E-state index in [0.717, 1.165) is 0 Å². The number of benzene rings is 1. The number of hydrogen-bond acceptors (Lipinski definition) is 4. The van der Waals surface area contributed by atoms with E-state index < -0.39 is 18.5 Å². The highest BCUT2D eigenvalue weighted by atomic mass is 19.1. The van der Waals surface area contributed by atoms with Gasteiger partial charge in [-0.1, -0.05) is 0 Å². The second-order valence-electron chi connectivity index (χ2n) is 4.90. The number of halogens is 1. The van der Waals surface area contributed by atoms with Gasteiger partial charge >= 0.3 is 5.97 Å². The first kappa shape index (κ1) is 15.5. The Bertz CT molecular complexity index is 869. The second kappa shape index (κ2) is 6.37. The van der Waals surface area contributed by atoms with Crippen molar-refractivity contribution >= 4 is 11.9 Å². The number of hydrogen-bond donors (Lipinski definition) is 1. The Balaban J connectivity index is 2.06. The lowest BCUT2D eigenvalue weighted by molar-refractivity contribution is -0.121. The maximum atomic E-state index is 13.1. The molecule has 3 rings (SSSR count). The summed E-state index contributed by atoms with van der Waals surface area (Å²) in [5.74, 6) is -1.46. The summed E-state index contributed by atoms with van der Waals surface area (Å²) in [5, 5.41) is 4.18. The van der Waals surface area contributed by atoms with Crippen molar-refractivity contribution in [3.63, 3.8) is 0 Å². The van der Waals surface area contributed by atoms with E-state index in [1.54, 1.807) is 29.1 Å². The molecular formula is C16H13FN4O3. The van der Waals surface area contributed by atoms with Gasteiger partial charge in [-0.05, 0) is 36.4 Å². The molecular weight excluding hydrogens is 315 g/mol. The van der Waals surface area contributed by atoms with Gasteiger partial charge in [-0.15, -0.1) is 0 Å². The van der Waals surface area contributed by atoms with E-state index in [1.165, 1.54) is 35.1 Å². The fourth-order valence-electron chi connectivity index (χ4n) is 2.20. The average molecular weight is 328 g/mol. The van der Waals surface area contributed by atoms with Crippen molar-refractivity contribution in [2.24, 2.45) is 5.73 Å². The number of rotatable bonds is 5. The number of primary amides is 1. The quantitative estimate of drug-likeness (QED) is 0.717. The molecule has 7 nitrogen and oxygen atoms in total. The zero-order chi connectivity index (χ0) is 17.1. The molecule has 0 saturated heterocycles. The van der Waals surface area contributed by atoms with Crippen LogP contribution in [-0.4, -0.2) is 32.8 Å². The van der Waals surface area contributed by atoms with Gasteiger partial charge < -0.3 is 15.0 Å². The van der Waals surface area contributed by atoms with Crippen molar-refractivity contribution in [3.8, 4) is 11.5 Å². The highest BCUT2D eigenvalue weighted by molar-refractivity contribution is 5.94. The van der Waals surface area contributed by atoms with Crippen LogP contribution in [0, 0.1) is 5.82 Å². The molecule has 0 fully saturated rings. The van der Waals surface area contributed by atoms with E-state index in [2.05, 4.69) is 5.10 Å². The zero-order valence-corrected chi connectivity index (χ0v) is 12.4. The van der Waals surface area contributed by atoms with Crippen LogP contribution >= 0.6 is 0 Å². The van der Waals surface area contributed by atoms with Crippen LogP contribution in [0.4, 0.5) is 4.39 Å². The van der Waals surface area contributed by atoms with Crippen LogP contribution in [0.2, 0.25) is 0 Å². The highest BCUT2D eigenvalue weighted by Crippen LogP contribution is 2.20. The summed E-state index contributed by atoms with van der Waals surface area (Å²) in [6.45, 7) is -0.522. The van der Waals surface area contributed by atoms with Gasteiger partial charge in [-0.2, -0.15) is 5.10 Å². The number of amides is 1. The minimum absolute atomic E-state index is 0.150. The molecule has 1 amide bonds. The molecule has 24 heavy (non-hydrogen) atoms. The van der Waals surface area contributed by atoms with Gasteiger partial charge in [0.05, 0.1) is 11.9 Å². The first-order valence-corrected chi connectivity index (χ1v) is 6.99. The first-order valence-electron chi connectivity index (χ1n) is 6.99. The fraction of sp³-hybridized carbons (Fsp3) is 0.0625. The summed E-state index contributed by atoms with van der Waals surface area (Å²) in [7, 11) is 0. The van der Waals surface area contributed by atoms with Gasteiger partial charge in [0.1, 0.15) is 11.4 Å². The smallest absolute Gasteiger partial charge is 0.344 e. The molecule has 0 saturated carbocycles. The maximum Gasteiger partial charge on any atom is 0.344 e. The van der Waals surface area contributed by atoms with Crippen LogP contribution in [-0.2, 0) is 9.53 Å². The summed E-state index contributed by atoms with van der Waals surface area (Å²) in [6.07, 6.45) is 4.77. The molecule has 0 aliphatic carbocycles. The van der Waals surface area contributed by atoms with Crippen molar-refractivity contribution in [1.29, 1.82) is 0 Å². The minimum Gasteiger partial charge on any atom is -0.452 e. The highest BCUT2D eigenvalue weighted by Gasteiger charge is 2.21. The summed E-state index contributed by atoms with van der Waals surface area (Å²) >= 11 is 0. The molecule has 8 heteroatoms.